The van der Waals surface area contributed by atoms with Crippen LogP contribution in [0.15, 0.2) is 67.0 Å². The maximum absolute atomic E-state index is 12.5. The lowest BCUT2D eigenvalue weighted by atomic mass is 10.2. The molecule has 142 valence electrons. The third-order valence-corrected chi connectivity index (χ3v) is 4.48. The van der Waals surface area contributed by atoms with Gasteiger partial charge in [0, 0.05) is 29.3 Å². The number of hydrogen-bond donors (Lipinski definition) is 2. The summed E-state index contributed by atoms with van der Waals surface area (Å²) in [5.41, 5.74) is 1.64. The number of anilines is 2. The third-order valence-electron chi connectivity index (χ3n) is 4.48. The molecule has 2 N–H and O–H groups in total. The molecular weight excluding hydrogens is 358 g/mol. The van der Waals surface area contributed by atoms with Crippen LogP contribution in [-0.4, -0.2) is 23.2 Å². The van der Waals surface area contributed by atoms with Gasteiger partial charge in [-0.2, -0.15) is 0 Å². The van der Waals surface area contributed by atoms with Gasteiger partial charge in [0.2, 0.25) is 12.7 Å². The molecule has 1 aliphatic heterocycles. The predicted octanol–water partition coefficient (Wildman–Crippen LogP) is 3.67. The average molecular weight is 377 g/mol. The van der Waals surface area contributed by atoms with E-state index in [4.69, 9.17) is 9.47 Å². The molecule has 0 aliphatic carbocycles. The van der Waals surface area contributed by atoms with Crippen molar-refractivity contribution in [2.24, 2.45) is 0 Å². The molecule has 4 rings (SSSR count). The summed E-state index contributed by atoms with van der Waals surface area (Å²) in [6.07, 6.45) is 3.68. The molecule has 2 aromatic carbocycles. The van der Waals surface area contributed by atoms with E-state index in [1.54, 1.807) is 42.5 Å². The number of nitrogens with zero attached hydrogens (tertiary/aromatic N) is 1. The minimum atomic E-state index is -0.345. The normalized spacial score (nSPS) is 13.0. The van der Waals surface area contributed by atoms with Crippen LogP contribution in [0.1, 0.15) is 23.3 Å². The van der Waals surface area contributed by atoms with Crippen LogP contribution in [0.5, 0.6) is 11.5 Å². The number of nitrogens with one attached hydrogen (secondary N) is 2. The van der Waals surface area contributed by atoms with Crippen molar-refractivity contribution >= 4 is 23.2 Å². The summed E-state index contributed by atoms with van der Waals surface area (Å²) in [7, 11) is 0. The minimum Gasteiger partial charge on any atom is -0.454 e. The molecule has 0 unspecified atom stereocenters. The van der Waals surface area contributed by atoms with E-state index >= 15 is 0 Å². The van der Waals surface area contributed by atoms with Crippen LogP contribution in [0.25, 0.3) is 0 Å². The minimum absolute atomic E-state index is 0.143. The fraction of sp³-hybridized carbons (Fsp3) is 0.143. The van der Waals surface area contributed by atoms with Crippen molar-refractivity contribution in [1.29, 1.82) is 0 Å². The first-order valence-electron chi connectivity index (χ1n) is 8.84. The molecule has 0 radical (unpaired) electrons. The van der Waals surface area contributed by atoms with Crippen molar-refractivity contribution in [3.05, 3.63) is 72.6 Å². The van der Waals surface area contributed by atoms with Gasteiger partial charge in [0.15, 0.2) is 11.5 Å². The summed E-state index contributed by atoms with van der Waals surface area (Å²) in [5.74, 6) is 0.753. The Morgan fingerprint density at radius 2 is 1.64 bits per heavy atom. The van der Waals surface area contributed by atoms with Crippen molar-refractivity contribution < 1.29 is 19.1 Å². The number of carbonyl (C=O) groups excluding carboxylic acids is 2. The zero-order valence-electron chi connectivity index (χ0n) is 15.2. The van der Waals surface area contributed by atoms with Crippen LogP contribution in [0.2, 0.25) is 0 Å². The number of hydrogen-bond acceptors (Lipinski definition) is 4. The summed E-state index contributed by atoms with van der Waals surface area (Å²) < 4.78 is 12.4. The molecule has 1 aromatic heterocycles. The number of benzene rings is 2. The Balaban J connectivity index is 1.43. The lowest BCUT2D eigenvalue weighted by molar-refractivity contribution is -0.118. The fourth-order valence-electron chi connectivity index (χ4n) is 2.90. The van der Waals surface area contributed by atoms with Gasteiger partial charge in [-0.1, -0.05) is 6.07 Å². The Bertz CT molecular complexity index is 1010. The van der Waals surface area contributed by atoms with Crippen LogP contribution in [0, 0.1) is 0 Å². The highest BCUT2D eigenvalue weighted by Gasteiger charge is 2.17. The van der Waals surface area contributed by atoms with Crippen LogP contribution in [-0.2, 0) is 4.79 Å². The predicted molar refractivity (Wildman–Crippen MR) is 105 cm³/mol. The summed E-state index contributed by atoms with van der Waals surface area (Å²) in [6, 6.07) is 15.4. The average Bonchev–Trinajstić information content (AvgIpc) is 3.38. The lowest BCUT2D eigenvalue weighted by Gasteiger charge is -2.14. The summed E-state index contributed by atoms with van der Waals surface area (Å²) in [6.45, 7) is 1.98. The molecule has 1 aliphatic rings. The van der Waals surface area contributed by atoms with Crippen molar-refractivity contribution in [3.8, 4) is 11.5 Å². The number of rotatable bonds is 5. The van der Waals surface area contributed by atoms with Gasteiger partial charge in [-0.15, -0.1) is 0 Å². The molecular formula is C21H19N3O4. The van der Waals surface area contributed by atoms with Gasteiger partial charge in [-0.05, 0) is 55.5 Å². The second kappa shape index (κ2) is 7.48. The molecule has 28 heavy (non-hydrogen) atoms. The van der Waals surface area contributed by atoms with Gasteiger partial charge in [0.05, 0.1) is 0 Å². The van der Waals surface area contributed by atoms with E-state index in [0.717, 1.165) is 0 Å². The van der Waals surface area contributed by atoms with Gasteiger partial charge in [0.25, 0.3) is 5.91 Å². The van der Waals surface area contributed by atoms with Crippen molar-refractivity contribution in [2.75, 3.05) is 17.4 Å². The van der Waals surface area contributed by atoms with Crippen molar-refractivity contribution in [1.82, 2.24) is 4.57 Å². The second-order valence-corrected chi connectivity index (χ2v) is 6.40. The largest absolute Gasteiger partial charge is 0.454 e. The lowest BCUT2D eigenvalue weighted by Crippen LogP contribution is -2.22. The molecule has 1 atom stereocenters. The van der Waals surface area contributed by atoms with E-state index < -0.39 is 0 Å². The quantitative estimate of drug-likeness (QED) is 0.711. The number of ether oxygens (including phenoxy) is 2. The van der Waals surface area contributed by atoms with Gasteiger partial charge in [-0.25, -0.2) is 0 Å². The van der Waals surface area contributed by atoms with E-state index in [9.17, 15) is 9.59 Å². The number of fused-ring (bicyclic) bond motifs is 1. The number of aromatic nitrogens is 1. The summed E-state index contributed by atoms with van der Waals surface area (Å²) in [5, 5.41) is 5.70. The first-order chi connectivity index (χ1) is 13.6. The van der Waals surface area contributed by atoms with E-state index in [0.29, 0.717) is 28.4 Å². The molecule has 0 spiro atoms. The maximum Gasteiger partial charge on any atom is 0.255 e. The van der Waals surface area contributed by atoms with Gasteiger partial charge in [0.1, 0.15) is 6.04 Å². The van der Waals surface area contributed by atoms with E-state index in [2.05, 4.69) is 10.6 Å². The molecule has 0 saturated heterocycles. The van der Waals surface area contributed by atoms with E-state index in [1.165, 1.54) is 0 Å². The molecule has 0 bridgehead atoms. The number of amides is 2. The van der Waals surface area contributed by atoms with Crippen molar-refractivity contribution in [2.45, 2.75) is 13.0 Å². The molecule has 3 aromatic rings. The number of carbonyl (C=O) groups is 2. The van der Waals surface area contributed by atoms with Gasteiger partial charge >= 0.3 is 0 Å². The first kappa shape index (κ1) is 17.7. The Labute approximate surface area is 161 Å². The second-order valence-electron chi connectivity index (χ2n) is 6.40. The highest BCUT2D eigenvalue weighted by Crippen LogP contribution is 2.32. The van der Waals surface area contributed by atoms with Crippen LogP contribution >= 0.6 is 0 Å². The third kappa shape index (κ3) is 3.68. The molecule has 2 heterocycles. The van der Waals surface area contributed by atoms with Crippen LogP contribution in [0.3, 0.4) is 0 Å². The maximum atomic E-state index is 12.5. The van der Waals surface area contributed by atoms with Gasteiger partial charge in [-0.3, -0.25) is 9.59 Å². The van der Waals surface area contributed by atoms with Crippen LogP contribution in [0.4, 0.5) is 11.4 Å². The van der Waals surface area contributed by atoms with E-state index in [1.807, 2.05) is 36.0 Å². The molecule has 2 amide bonds. The van der Waals surface area contributed by atoms with E-state index in [-0.39, 0.29) is 24.6 Å². The van der Waals surface area contributed by atoms with Crippen LogP contribution < -0.4 is 20.1 Å². The molecule has 7 nitrogen and oxygen atoms in total. The van der Waals surface area contributed by atoms with Gasteiger partial charge < -0.3 is 24.7 Å². The highest BCUT2D eigenvalue weighted by atomic mass is 16.7. The Hall–Kier alpha value is -3.74. The summed E-state index contributed by atoms with van der Waals surface area (Å²) >= 11 is 0. The monoisotopic (exact) mass is 377 g/mol. The molecule has 0 saturated carbocycles. The standard InChI is InChI=1S/C21H19N3O4/c1-14(24-9-2-3-10-24)20(25)22-16-5-4-6-17(12-16)23-21(26)15-7-8-18-19(11-15)28-13-27-18/h2-12,14H,13H2,1H3,(H,22,25)(H,23,26)/t14-/m1/s1. The summed E-state index contributed by atoms with van der Waals surface area (Å²) in [4.78, 5) is 24.9. The Kier molecular flexibility index (Phi) is 4.72. The zero-order chi connectivity index (χ0) is 19.5. The Morgan fingerprint density at radius 3 is 2.43 bits per heavy atom. The Morgan fingerprint density at radius 1 is 0.929 bits per heavy atom. The smallest absolute Gasteiger partial charge is 0.255 e. The van der Waals surface area contributed by atoms with Crippen molar-refractivity contribution in [3.63, 3.8) is 0 Å². The molecule has 7 heteroatoms. The first-order valence-corrected chi connectivity index (χ1v) is 8.84. The molecule has 0 fully saturated rings. The highest BCUT2D eigenvalue weighted by molar-refractivity contribution is 6.05. The topological polar surface area (TPSA) is 81.6 Å². The fourth-order valence-corrected chi connectivity index (χ4v) is 2.90. The zero-order valence-corrected chi connectivity index (χ0v) is 15.2. The SMILES string of the molecule is C[C@H](C(=O)Nc1cccc(NC(=O)c2ccc3c(c2)OCO3)c1)n1cccc1.